The lowest BCUT2D eigenvalue weighted by molar-refractivity contribution is -0.138. The van der Waals surface area contributed by atoms with Crippen LogP contribution in [0.4, 0.5) is 27.8 Å². The number of allylic oxidation sites excluding steroid dienone is 6. The van der Waals surface area contributed by atoms with Crippen LogP contribution in [0.5, 0.6) is 0 Å². The molecule has 0 radical (unpaired) electrons. The van der Waals surface area contributed by atoms with Gasteiger partial charge in [0, 0.05) is 48.0 Å². The Hall–Kier alpha value is -3.16. The summed E-state index contributed by atoms with van der Waals surface area (Å²) >= 11 is 7.08. The van der Waals surface area contributed by atoms with Crippen molar-refractivity contribution < 1.29 is 26.7 Å². The third-order valence-corrected chi connectivity index (χ3v) is 11.1. The van der Waals surface area contributed by atoms with Crippen molar-refractivity contribution >= 4 is 28.8 Å². The van der Waals surface area contributed by atoms with Crippen molar-refractivity contribution in [3.8, 4) is 0 Å². The van der Waals surface area contributed by atoms with Crippen LogP contribution in [0.3, 0.4) is 0 Å². The molecule has 4 bridgehead atoms. The van der Waals surface area contributed by atoms with E-state index in [0.717, 1.165) is 62.1 Å². The van der Waals surface area contributed by atoms with Crippen molar-refractivity contribution in [3.05, 3.63) is 62.7 Å². The first-order chi connectivity index (χ1) is 21.9. The molecule has 4 atom stereocenters. The van der Waals surface area contributed by atoms with E-state index in [1.807, 2.05) is 5.01 Å². The van der Waals surface area contributed by atoms with Crippen molar-refractivity contribution in [2.75, 3.05) is 32.1 Å². The maximum absolute atomic E-state index is 16.7. The zero-order valence-electron chi connectivity index (χ0n) is 25.4. The lowest BCUT2D eigenvalue weighted by Crippen LogP contribution is -2.60. The molecule has 7 aliphatic heterocycles. The number of amidine groups is 1. The molecular weight excluding hydrogens is 629 g/mol. The summed E-state index contributed by atoms with van der Waals surface area (Å²) in [5, 5.41) is 1.85. The van der Waals surface area contributed by atoms with E-state index in [4.69, 9.17) is 27.1 Å². The smallest absolute Gasteiger partial charge is 0.418 e. The predicted octanol–water partition coefficient (Wildman–Crippen LogP) is 6.28. The van der Waals surface area contributed by atoms with Crippen molar-refractivity contribution in [1.82, 2.24) is 25.2 Å². The van der Waals surface area contributed by atoms with Crippen molar-refractivity contribution in [3.63, 3.8) is 0 Å². The summed E-state index contributed by atoms with van der Waals surface area (Å²) in [5.41, 5.74) is 9.03. The summed E-state index contributed by atoms with van der Waals surface area (Å²) in [6.45, 7) is 2.73. The van der Waals surface area contributed by atoms with Crippen LogP contribution in [0.2, 0.25) is 0 Å². The Balaban J connectivity index is 1.31. The van der Waals surface area contributed by atoms with E-state index in [2.05, 4.69) is 15.3 Å². The fourth-order valence-corrected chi connectivity index (χ4v) is 9.18. The average molecular weight is 664 g/mol. The highest BCUT2D eigenvalue weighted by molar-refractivity contribution is 6.37. The molecule has 1 aromatic heterocycles. The average Bonchev–Trinajstić information content (AvgIpc) is 3.46. The van der Waals surface area contributed by atoms with Crippen molar-refractivity contribution in [2.24, 2.45) is 10.9 Å². The van der Waals surface area contributed by atoms with Gasteiger partial charge >= 0.3 is 6.18 Å². The molecule has 1 aromatic rings. The Morgan fingerprint density at radius 3 is 2.83 bits per heavy atom. The highest BCUT2D eigenvalue weighted by Gasteiger charge is 2.51. The number of alkyl halides is 4. The number of nitrogens with one attached hydrogen (secondary N) is 1. The van der Waals surface area contributed by atoms with Crippen LogP contribution >= 0.6 is 11.6 Å². The molecule has 14 heteroatoms. The van der Waals surface area contributed by atoms with E-state index >= 15 is 4.39 Å². The van der Waals surface area contributed by atoms with Crippen LogP contribution < -0.4 is 11.2 Å². The summed E-state index contributed by atoms with van der Waals surface area (Å²) < 4.78 is 81.5. The molecule has 8 nitrogen and oxygen atoms in total. The first-order valence-electron chi connectivity index (χ1n) is 15.9. The molecule has 8 aliphatic rings. The fourth-order valence-electron chi connectivity index (χ4n) is 8.82. The number of aromatic nitrogens is 1. The van der Waals surface area contributed by atoms with E-state index < -0.39 is 40.5 Å². The predicted molar refractivity (Wildman–Crippen MR) is 163 cm³/mol. The van der Waals surface area contributed by atoms with E-state index in [9.17, 15) is 17.6 Å². The highest BCUT2D eigenvalue weighted by Crippen LogP contribution is 2.50. The molecule has 0 saturated carbocycles. The van der Waals surface area contributed by atoms with Gasteiger partial charge in [-0.2, -0.15) is 13.2 Å². The van der Waals surface area contributed by atoms with Gasteiger partial charge in [0.2, 0.25) is 5.88 Å². The van der Waals surface area contributed by atoms with Crippen LogP contribution in [0, 0.1) is 12.8 Å². The molecule has 0 unspecified atom stereocenters. The molecular formula is C32H35ClF5N7O. The lowest BCUT2D eigenvalue weighted by atomic mass is 9.74. The number of aliphatic imine (C=N–C) groups is 1. The number of fused-ring (bicyclic) bond motifs is 4. The van der Waals surface area contributed by atoms with Crippen molar-refractivity contribution in [1.29, 1.82) is 0 Å². The summed E-state index contributed by atoms with van der Waals surface area (Å²) in [7, 11) is 0. The number of hydrogen-bond donors (Lipinski definition) is 2. The molecule has 8 heterocycles. The Morgan fingerprint density at radius 2 is 2.02 bits per heavy atom. The standard InChI is InChI=1S/C32H35ClF5N7O/c1-16-10-23(39)41-29(27(16)32(36,37)38)26-19(35)11-24(46-14-31-8-3-9-43(31)13-17(34)12-31)45-22(28(26)33)5-2-4-18-20-6-7-21-25(18)30(45)40-15-44(21)42-20/h10-11,17-18,20,42H,2-9,12-15H2,1H3,(H2,39,41)/t17-,18+,20+,31+/m1/s1. The highest BCUT2D eigenvalue weighted by atomic mass is 35.5. The number of hydrogen-bond acceptors (Lipinski definition) is 8. The van der Waals surface area contributed by atoms with Gasteiger partial charge in [0.15, 0.2) is 0 Å². The number of anilines is 1. The molecule has 246 valence electrons. The Morgan fingerprint density at radius 1 is 1.20 bits per heavy atom. The summed E-state index contributed by atoms with van der Waals surface area (Å²) in [6.07, 6.45) is 0.780. The van der Waals surface area contributed by atoms with Gasteiger partial charge in [0.25, 0.3) is 0 Å². The second-order valence-electron chi connectivity index (χ2n) is 13.4. The zero-order valence-corrected chi connectivity index (χ0v) is 26.1. The number of aryl methyl sites for hydroxylation is 1. The van der Waals surface area contributed by atoms with Gasteiger partial charge in [-0.05, 0) is 70.0 Å². The first-order valence-corrected chi connectivity index (χ1v) is 16.3. The second-order valence-corrected chi connectivity index (χ2v) is 13.8. The molecule has 0 spiro atoms. The van der Waals surface area contributed by atoms with Gasteiger partial charge in [0.1, 0.15) is 36.9 Å². The normalized spacial score (nSPS) is 31.1. The molecule has 1 aliphatic carbocycles. The van der Waals surface area contributed by atoms with Gasteiger partial charge < -0.3 is 10.5 Å². The van der Waals surface area contributed by atoms with E-state index in [1.54, 1.807) is 4.90 Å². The largest absolute Gasteiger partial charge is 0.477 e. The molecule has 9 rings (SSSR count). The number of pyridine rings is 1. The number of rotatable bonds is 4. The molecule has 4 saturated heterocycles. The minimum atomic E-state index is -4.85. The van der Waals surface area contributed by atoms with Gasteiger partial charge in [-0.15, -0.1) is 0 Å². The SMILES string of the molecule is Cc1cc(N)nc(C2=C(F)C=C(OC[C@@]34CCCN3C[C@H](F)C4)N3C4=NCN5N[C@H]6CCC5=C4[C@H]6CCCC3=C2Cl)c1C(F)(F)F. The second kappa shape index (κ2) is 10.7. The van der Waals surface area contributed by atoms with Crippen LogP contribution in [0.25, 0.3) is 5.57 Å². The van der Waals surface area contributed by atoms with Gasteiger partial charge in [0.05, 0.1) is 27.4 Å². The van der Waals surface area contributed by atoms with Crippen LogP contribution in [0.15, 0.2) is 50.8 Å². The number of ether oxygens (including phenoxy) is 1. The summed E-state index contributed by atoms with van der Waals surface area (Å²) in [6, 6.07) is 1.33. The lowest BCUT2D eigenvalue weighted by Gasteiger charge is -2.52. The minimum Gasteiger partial charge on any atom is -0.477 e. The monoisotopic (exact) mass is 663 g/mol. The third kappa shape index (κ3) is 4.59. The molecule has 46 heavy (non-hydrogen) atoms. The van der Waals surface area contributed by atoms with Gasteiger partial charge in [-0.1, -0.05) is 11.6 Å². The number of nitrogens with zero attached hydrogens (tertiary/aromatic N) is 5. The Bertz CT molecular complexity index is 1670. The minimum absolute atomic E-state index is 0.0636. The van der Waals surface area contributed by atoms with Crippen LogP contribution in [-0.4, -0.2) is 69.7 Å². The van der Waals surface area contributed by atoms with Gasteiger partial charge in [-0.25, -0.2) is 24.2 Å². The number of hydrazine groups is 1. The van der Waals surface area contributed by atoms with Gasteiger partial charge in [-0.3, -0.25) is 14.8 Å². The zero-order chi connectivity index (χ0) is 32.1. The van der Waals surface area contributed by atoms with Crippen molar-refractivity contribution in [2.45, 2.75) is 82.2 Å². The van der Waals surface area contributed by atoms with Crippen LogP contribution in [-0.2, 0) is 10.9 Å². The molecule has 3 N–H and O–H groups in total. The van der Waals surface area contributed by atoms with Crippen LogP contribution in [0.1, 0.15) is 68.2 Å². The Labute approximate surface area is 268 Å². The molecule has 0 amide bonds. The number of nitrogen functional groups attached to an aromatic ring is 1. The van der Waals surface area contributed by atoms with E-state index in [1.165, 1.54) is 6.92 Å². The molecule has 0 aromatic carbocycles. The molecule has 4 fully saturated rings. The quantitative estimate of drug-likeness (QED) is 0.367. The fraction of sp³-hybridized carbons (Fsp3) is 0.562. The Kier molecular flexibility index (Phi) is 7.01. The first kappa shape index (κ1) is 30.2. The summed E-state index contributed by atoms with van der Waals surface area (Å²) in [4.78, 5) is 12.8. The number of halogens is 6. The maximum atomic E-state index is 16.7. The summed E-state index contributed by atoms with van der Waals surface area (Å²) in [5.74, 6) is -0.430. The van der Waals surface area contributed by atoms with E-state index in [-0.39, 0.29) is 40.9 Å². The topological polar surface area (TPSA) is 82.2 Å². The third-order valence-electron chi connectivity index (χ3n) is 10.7. The maximum Gasteiger partial charge on any atom is 0.418 e. The van der Waals surface area contributed by atoms with E-state index in [0.29, 0.717) is 44.0 Å². The number of nitrogens with two attached hydrogens (primary N) is 1.